The molecule has 5 nitrogen and oxygen atoms in total. The van der Waals surface area contributed by atoms with E-state index in [2.05, 4.69) is 0 Å². The number of rotatable bonds is 3. The van der Waals surface area contributed by atoms with E-state index in [4.69, 9.17) is 5.73 Å². The molecule has 2 aromatic rings. The summed E-state index contributed by atoms with van der Waals surface area (Å²) in [6, 6.07) is 12.5. The number of nitro benzene ring substituents is 1. The first kappa shape index (κ1) is 12.9. The maximum atomic E-state index is 10.9. The maximum absolute atomic E-state index is 10.9. The van der Waals surface area contributed by atoms with Gasteiger partial charge in [0.25, 0.3) is 5.69 Å². The topological polar surface area (TPSA) is 72.4 Å². The van der Waals surface area contributed by atoms with E-state index in [1.807, 2.05) is 43.1 Å². The van der Waals surface area contributed by atoms with E-state index in [0.29, 0.717) is 11.4 Å². The van der Waals surface area contributed by atoms with Gasteiger partial charge in [-0.25, -0.2) is 0 Å². The molecule has 5 heteroatoms. The number of nitrogen functional groups attached to an aromatic ring is 1. The molecular formula is C14H15N3O2. The minimum absolute atomic E-state index is 0.00509. The lowest BCUT2D eigenvalue weighted by Crippen LogP contribution is -2.10. The molecule has 0 aromatic heterocycles. The van der Waals surface area contributed by atoms with Gasteiger partial charge in [-0.05, 0) is 30.7 Å². The van der Waals surface area contributed by atoms with Gasteiger partial charge >= 0.3 is 0 Å². The Morgan fingerprint density at radius 2 is 1.89 bits per heavy atom. The summed E-state index contributed by atoms with van der Waals surface area (Å²) < 4.78 is 0. The number of hydrogen-bond acceptors (Lipinski definition) is 4. The van der Waals surface area contributed by atoms with Crippen molar-refractivity contribution in [3.8, 4) is 0 Å². The van der Waals surface area contributed by atoms with Crippen LogP contribution < -0.4 is 10.6 Å². The second-order valence-electron chi connectivity index (χ2n) is 4.44. The summed E-state index contributed by atoms with van der Waals surface area (Å²) in [4.78, 5) is 12.3. The molecule has 2 N–H and O–H groups in total. The Hall–Kier alpha value is -2.56. The van der Waals surface area contributed by atoms with Crippen LogP contribution in [0.2, 0.25) is 0 Å². The lowest BCUT2D eigenvalue weighted by molar-refractivity contribution is -0.384. The minimum atomic E-state index is -0.441. The molecule has 0 saturated heterocycles. The van der Waals surface area contributed by atoms with Crippen molar-refractivity contribution < 1.29 is 4.92 Å². The lowest BCUT2D eigenvalue weighted by Gasteiger charge is -2.20. The zero-order valence-corrected chi connectivity index (χ0v) is 10.8. The molecule has 0 amide bonds. The molecule has 0 aliphatic rings. The number of hydrogen-bond donors (Lipinski definition) is 1. The SMILES string of the molecule is Cc1cccc(N(C)c2cc(N)cc([N+](=O)[O-])c2)c1. The summed E-state index contributed by atoms with van der Waals surface area (Å²) in [6.45, 7) is 2.00. The normalized spacial score (nSPS) is 10.2. The highest BCUT2D eigenvalue weighted by Crippen LogP contribution is 2.29. The van der Waals surface area contributed by atoms with Crippen molar-refractivity contribution in [1.29, 1.82) is 0 Å². The third kappa shape index (κ3) is 2.82. The first-order valence-electron chi connectivity index (χ1n) is 5.83. The molecule has 0 unspecified atom stereocenters. The zero-order valence-electron chi connectivity index (χ0n) is 10.8. The Morgan fingerprint density at radius 1 is 1.16 bits per heavy atom. The Morgan fingerprint density at radius 3 is 2.53 bits per heavy atom. The predicted molar refractivity (Wildman–Crippen MR) is 76.8 cm³/mol. The Labute approximate surface area is 111 Å². The number of nitrogens with zero attached hydrogens (tertiary/aromatic N) is 2. The summed E-state index contributed by atoms with van der Waals surface area (Å²) in [5.41, 5.74) is 8.86. The number of nitrogens with two attached hydrogens (primary N) is 1. The summed E-state index contributed by atoms with van der Waals surface area (Å²) in [5.74, 6) is 0. The molecular weight excluding hydrogens is 242 g/mol. The van der Waals surface area contributed by atoms with Crippen LogP contribution >= 0.6 is 0 Å². The van der Waals surface area contributed by atoms with Gasteiger partial charge in [0.2, 0.25) is 0 Å². The van der Waals surface area contributed by atoms with E-state index >= 15 is 0 Å². The number of anilines is 3. The molecule has 0 saturated carbocycles. The highest BCUT2D eigenvalue weighted by atomic mass is 16.6. The molecule has 0 heterocycles. The van der Waals surface area contributed by atoms with Gasteiger partial charge in [-0.1, -0.05) is 12.1 Å². The van der Waals surface area contributed by atoms with Crippen molar-refractivity contribution in [2.75, 3.05) is 17.7 Å². The van der Waals surface area contributed by atoms with Gasteiger partial charge in [-0.3, -0.25) is 10.1 Å². The largest absolute Gasteiger partial charge is 0.398 e. The van der Waals surface area contributed by atoms with Crippen molar-refractivity contribution in [1.82, 2.24) is 0 Å². The molecule has 0 atom stereocenters. The maximum Gasteiger partial charge on any atom is 0.273 e. The van der Waals surface area contributed by atoms with E-state index in [9.17, 15) is 10.1 Å². The van der Waals surface area contributed by atoms with Crippen LogP contribution in [0.4, 0.5) is 22.7 Å². The Bertz CT molecular complexity index is 626. The van der Waals surface area contributed by atoms with Crippen molar-refractivity contribution in [2.24, 2.45) is 0 Å². The van der Waals surface area contributed by atoms with Crippen LogP contribution in [-0.4, -0.2) is 12.0 Å². The molecule has 2 aromatic carbocycles. The van der Waals surface area contributed by atoms with Gasteiger partial charge in [0, 0.05) is 36.2 Å². The van der Waals surface area contributed by atoms with Gasteiger partial charge < -0.3 is 10.6 Å². The second kappa shape index (κ2) is 4.97. The quantitative estimate of drug-likeness (QED) is 0.520. The molecule has 98 valence electrons. The molecule has 0 bridgehead atoms. The van der Waals surface area contributed by atoms with E-state index in [0.717, 1.165) is 11.3 Å². The highest BCUT2D eigenvalue weighted by Gasteiger charge is 2.12. The predicted octanol–water partition coefficient (Wildman–Crippen LogP) is 3.25. The summed E-state index contributed by atoms with van der Waals surface area (Å²) in [5, 5.41) is 10.9. The van der Waals surface area contributed by atoms with Crippen molar-refractivity contribution >= 4 is 22.7 Å². The van der Waals surface area contributed by atoms with Gasteiger partial charge in [-0.15, -0.1) is 0 Å². The van der Waals surface area contributed by atoms with Crippen molar-refractivity contribution in [3.05, 3.63) is 58.1 Å². The number of aryl methyl sites for hydroxylation is 1. The second-order valence-corrected chi connectivity index (χ2v) is 4.44. The van der Waals surface area contributed by atoms with Crippen molar-refractivity contribution in [2.45, 2.75) is 6.92 Å². The smallest absolute Gasteiger partial charge is 0.273 e. The van der Waals surface area contributed by atoms with Crippen LogP contribution in [-0.2, 0) is 0 Å². The lowest BCUT2D eigenvalue weighted by atomic mass is 10.2. The average molecular weight is 257 g/mol. The highest BCUT2D eigenvalue weighted by molar-refractivity contribution is 5.69. The molecule has 2 rings (SSSR count). The van der Waals surface area contributed by atoms with Gasteiger partial charge in [0.05, 0.1) is 4.92 Å². The van der Waals surface area contributed by atoms with E-state index in [1.54, 1.807) is 6.07 Å². The molecule has 0 radical (unpaired) electrons. The van der Waals surface area contributed by atoms with Crippen LogP contribution in [0, 0.1) is 17.0 Å². The Kier molecular flexibility index (Phi) is 3.37. The molecule has 0 aliphatic heterocycles. The third-order valence-electron chi connectivity index (χ3n) is 2.91. The van der Waals surface area contributed by atoms with Gasteiger partial charge in [0.15, 0.2) is 0 Å². The number of benzene rings is 2. The van der Waals surface area contributed by atoms with Crippen LogP contribution in [0.3, 0.4) is 0 Å². The van der Waals surface area contributed by atoms with Crippen LogP contribution in [0.1, 0.15) is 5.56 Å². The summed E-state index contributed by atoms with van der Waals surface area (Å²) in [6.07, 6.45) is 0. The van der Waals surface area contributed by atoms with Crippen LogP contribution in [0.15, 0.2) is 42.5 Å². The average Bonchev–Trinajstić information content (AvgIpc) is 2.37. The first-order valence-corrected chi connectivity index (χ1v) is 5.83. The number of nitro groups is 1. The van der Waals surface area contributed by atoms with Crippen LogP contribution in [0.5, 0.6) is 0 Å². The van der Waals surface area contributed by atoms with Gasteiger partial charge in [0.1, 0.15) is 0 Å². The molecule has 0 spiro atoms. The summed E-state index contributed by atoms with van der Waals surface area (Å²) >= 11 is 0. The fraction of sp³-hybridized carbons (Fsp3) is 0.143. The zero-order chi connectivity index (χ0) is 14.0. The van der Waals surface area contributed by atoms with E-state index < -0.39 is 4.92 Å². The summed E-state index contributed by atoms with van der Waals surface area (Å²) in [7, 11) is 1.85. The van der Waals surface area contributed by atoms with Gasteiger partial charge in [-0.2, -0.15) is 0 Å². The fourth-order valence-electron chi connectivity index (χ4n) is 1.90. The fourth-order valence-corrected chi connectivity index (χ4v) is 1.90. The molecule has 0 fully saturated rings. The van der Waals surface area contributed by atoms with E-state index in [1.165, 1.54) is 12.1 Å². The third-order valence-corrected chi connectivity index (χ3v) is 2.91. The monoisotopic (exact) mass is 257 g/mol. The number of non-ortho nitro benzene ring substituents is 1. The molecule has 19 heavy (non-hydrogen) atoms. The standard InChI is InChI=1S/C14H15N3O2/c1-10-4-3-5-12(6-10)16(2)13-7-11(15)8-14(9-13)17(18)19/h3-9H,15H2,1-2H3. The first-order chi connectivity index (χ1) is 8.97. The minimum Gasteiger partial charge on any atom is -0.398 e. The Balaban J connectivity index is 2.43. The van der Waals surface area contributed by atoms with Crippen molar-refractivity contribution in [3.63, 3.8) is 0 Å². The van der Waals surface area contributed by atoms with E-state index in [-0.39, 0.29) is 5.69 Å². The molecule has 0 aliphatic carbocycles. The van der Waals surface area contributed by atoms with Crippen LogP contribution in [0.25, 0.3) is 0 Å².